The number of nitrogens with one attached hydrogen (secondary N) is 2. The highest BCUT2D eigenvalue weighted by Gasteiger charge is 2.18. The topological polar surface area (TPSA) is 49.3 Å². The highest BCUT2D eigenvalue weighted by Crippen LogP contribution is 2.45. The minimum atomic E-state index is -0.228. The number of carbonyl (C=O) groups is 1. The largest absolute Gasteiger partial charge is 0.346 e. The first-order chi connectivity index (χ1) is 14.1. The van der Waals surface area contributed by atoms with Gasteiger partial charge >= 0.3 is 6.03 Å². The van der Waals surface area contributed by atoms with Crippen LogP contribution in [0.3, 0.4) is 0 Å². The van der Waals surface area contributed by atoms with Crippen molar-refractivity contribution in [1.29, 1.82) is 0 Å². The lowest BCUT2D eigenvalue weighted by atomic mass is 10.2. The van der Waals surface area contributed by atoms with E-state index < -0.39 is 0 Å². The SMILES string of the molecule is CN(C)CCn1ccc2cc(NC(=O)Nc3ccc(C4SCCS4)cc3)ccc21. The van der Waals surface area contributed by atoms with Crippen molar-refractivity contribution in [3.05, 3.63) is 60.3 Å². The van der Waals surface area contributed by atoms with E-state index in [1.54, 1.807) is 0 Å². The van der Waals surface area contributed by atoms with Crippen molar-refractivity contribution < 1.29 is 4.79 Å². The van der Waals surface area contributed by atoms with Crippen LogP contribution >= 0.6 is 23.5 Å². The van der Waals surface area contributed by atoms with E-state index >= 15 is 0 Å². The molecule has 0 spiro atoms. The van der Waals surface area contributed by atoms with Gasteiger partial charge in [-0.1, -0.05) is 12.1 Å². The number of benzene rings is 2. The minimum Gasteiger partial charge on any atom is -0.346 e. The Balaban J connectivity index is 1.37. The summed E-state index contributed by atoms with van der Waals surface area (Å²) in [6.45, 7) is 1.93. The van der Waals surface area contributed by atoms with E-state index in [1.165, 1.54) is 22.6 Å². The number of amides is 2. The van der Waals surface area contributed by atoms with Gasteiger partial charge in [0.25, 0.3) is 0 Å². The average molecular weight is 427 g/mol. The number of likely N-dealkylation sites (N-methyl/N-ethyl adjacent to an activating group) is 1. The average Bonchev–Trinajstić information content (AvgIpc) is 3.37. The summed E-state index contributed by atoms with van der Waals surface area (Å²) >= 11 is 3.97. The summed E-state index contributed by atoms with van der Waals surface area (Å²) in [7, 11) is 4.15. The molecule has 1 aliphatic rings. The highest BCUT2D eigenvalue weighted by atomic mass is 32.2. The van der Waals surface area contributed by atoms with Gasteiger partial charge in [0.05, 0.1) is 4.58 Å². The predicted octanol–water partition coefficient (Wildman–Crippen LogP) is 5.33. The molecule has 0 bridgehead atoms. The Hall–Kier alpha value is -2.09. The van der Waals surface area contributed by atoms with E-state index in [2.05, 4.69) is 64.7 Å². The lowest BCUT2D eigenvalue weighted by Gasteiger charge is -2.12. The Morgan fingerprint density at radius 3 is 2.45 bits per heavy atom. The maximum atomic E-state index is 12.4. The van der Waals surface area contributed by atoms with E-state index in [-0.39, 0.29) is 6.03 Å². The molecule has 1 aliphatic heterocycles. The van der Waals surface area contributed by atoms with Crippen LogP contribution in [-0.4, -0.2) is 47.6 Å². The zero-order chi connectivity index (χ0) is 20.2. The molecule has 0 aliphatic carbocycles. The second-order valence-electron chi connectivity index (χ2n) is 7.36. The molecule has 4 rings (SSSR count). The van der Waals surface area contributed by atoms with Gasteiger partial charge in [0.15, 0.2) is 0 Å². The standard InChI is InChI=1S/C22H26N4OS2/c1-25(2)11-12-26-10-9-17-15-19(7-8-20(17)26)24-22(27)23-18-5-3-16(4-6-18)21-28-13-14-29-21/h3-10,15,21H,11-14H2,1-2H3,(H2,23,24,27). The van der Waals surface area contributed by atoms with Crippen LogP contribution in [0.2, 0.25) is 0 Å². The van der Waals surface area contributed by atoms with Gasteiger partial charge in [0.2, 0.25) is 0 Å². The highest BCUT2D eigenvalue weighted by molar-refractivity contribution is 8.19. The molecule has 0 atom stereocenters. The molecule has 0 saturated carbocycles. The van der Waals surface area contributed by atoms with E-state index in [0.717, 1.165) is 29.9 Å². The third-order valence-corrected chi connectivity index (χ3v) is 7.98. The molecular formula is C22H26N4OS2. The van der Waals surface area contributed by atoms with Gasteiger partial charge in [-0.25, -0.2) is 4.79 Å². The molecule has 2 amide bonds. The van der Waals surface area contributed by atoms with Crippen LogP contribution < -0.4 is 10.6 Å². The monoisotopic (exact) mass is 426 g/mol. The zero-order valence-corrected chi connectivity index (χ0v) is 18.4. The summed E-state index contributed by atoms with van der Waals surface area (Å²) in [6, 6.07) is 16.0. The molecule has 1 saturated heterocycles. The number of anilines is 2. The van der Waals surface area contributed by atoms with Crippen LogP contribution in [0.25, 0.3) is 10.9 Å². The fourth-order valence-corrected chi connectivity index (χ4v) is 6.21. The van der Waals surface area contributed by atoms with Gasteiger partial charge in [-0.05, 0) is 56.1 Å². The molecule has 1 aromatic heterocycles. The van der Waals surface area contributed by atoms with Crippen molar-refractivity contribution in [1.82, 2.24) is 9.47 Å². The Morgan fingerprint density at radius 2 is 1.72 bits per heavy atom. The van der Waals surface area contributed by atoms with Gasteiger partial charge < -0.3 is 20.1 Å². The van der Waals surface area contributed by atoms with Gasteiger partial charge in [-0.3, -0.25) is 0 Å². The van der Waals surface area contributed by atoms with Crippen LogP contribution in [0.5, 0.6) is 0 Å². The molecule has 5 nitrogen and oxygen atoms in total. The van der Waals surface area contributed by atoms with Crippen LogP contribution in [0.4, 0.5) is 16.2 Å². The Labute approximate surface area is 180 Å². The summed E-state index contributed by atoms with van der Waals surface area (Å²) in [4.78, 5) is 14.6. The van der Waals surface area contributed by atoms with Gasteiger partial charge in [0.1, 0.15) is 0 Å². The first-order valence-corrected chi connectivity index (χ1v) is 11.8. The number of carbonyl (C=O) groups excluding carboxylic acids is 1. The number of fused-ring (bicyclic) bond motifs is 1. The third kappa shape index (κ3) is 5.10. The predicted molar refractivity (Wildman–Crippen MR) is 127 cm³/mol. The lowest BCUT2D eigenvalue weighted by molar-refractivity contribution is 0.262. The van der Waals surface area contributed by atoms with Crippen molar-refractivity contribution in [2.24, 2.45) is 0 Å². The number of rotatable bonds is 6. The summed E-state index contributed by atoms with van der Waals surface area (Å²) in [5.74, 6) is 2.42. The zero-order valence-electron chi connectivity index (χ0n) is 16.7. The van der Waals surface area contributed by atoms with Crippen molar-refractivity contribution in [2.45, 2.75) is 11.1 Å². The van der Waals surface area contributed by atoms with E-state index in [4.69, 9.17) is 0 Å². The van der Waals surface area contributed by atoms with Crippen molar-refractivity contribution in [3.8, 4) is 0 Å². The summed E-state index contributed by atoms with van der Waals surface area (Å²) in [5.41, 5.74) is 4.08. The Kier molecular flexibility index (Phi) is 6.37. The van der Waals surface area contributed by atoms with Crippen molar-refractivity contribution in [2.75, 3.05) is 42.8 Å². The first kappa shape index (κ1) is 20.2. The molecule has 29 heavy (non-hydrogen) atoms. The molecule has 3 aromatic rings. The third-order valence-electron chi connectivity index (χ3n) is 4.88. The molecule has 2 heterocycles. The second-order valence-corrected chi connectivity index (χ2v) is 10.1. The first-order valence-electron chi connectivity index (χ1n) is 9.73. The molecule has 1 fully saturated rings. The number of hydrogen-bond donors (Lipinski definition) is 2. The van der Waals surface area contributed by atoms with Crippen LogP contribution in [-0.2, 0) is 6.54 Å². The molecule has 0 unspecified atom stereocenters. The maximum absolute atomic E-state index is 12.4. The number of nitrogens with zero attached hydrogens (tertiary/aromatic N) is 2. The fraction of sp³-hybridized carbons (Fsp3) is 0.318. The van der Waals surface area contributed by atoms with Crippen LogP contribution in [0.15, 0.2) is 54.7 Å². The minimum absolute atomic E-state index is 0.228. The molecular weight excluding hydrogens is 400 g/mol. The normalized spacial score (nSPS) is 14.6. The summed E-state index contributed by atoms with van der Waals surface area (Å²) in [5, 5.41) is 6.98. The lowest BCUT2D eigenvalue weighted by Crippen LogP contribution is -2.19. The smallest absolute Gasteiger partial charge is 0.323 e. The van der Waals surface area contributed by atoms with Gasteiger partial charge in [-0.2, -0.15) is 0 Å². The van der Waals surface area contributed by atoms with Crippen LogP contribution in [0.1, 0.15) is 10.1 Å². The second kappa shape index (κ2) is 9.15. The van der Waals surface area contributed by atoms with Crippen molar-refractivity contribution in [3.63, 3.8) is 0 Å². The number of hydrogen-bond acceptors (Lipinski definition) is 4. The van der Waals surface area contributed by atoms with Gasteiger partial charge in [-0.15, -0.1) is 23.5 Å². The number of thioether (sulfide) groups is 2. The molecule has 2 N–H and O–H groups in total. The van der Waals surface area contributed by atoms with Crippen molar-refractivity contribution >= 4 is 51.8 Å². The molecule has 2 aromatic carbocycles. The van der Waals surface area contributed by atoms with Crippen LogP contribution in [0, 0.1) is 0 Å². The number of aromatic nitrogens is 1. The molecule has 152 valence electrons. The summed E-state index contributed by atoms with van der Waals surface area (Å²) < 4.78 is 2.76. The quantitative estimate of drug-likeness (QED) is 0.560. The van der Waals surface area contributed by atoms with E-state index in [1.807, 2.05) is 47.8 Å². The van der Waals surface area contributed by atoms with E-state index in [9.17, 15) is 4.79 Å². The molecule has 0 radical (unpaired) electrons. The van der Waals surface area contributed by atoms with E-state index in [0.29, 0.717) is 4.58 Å². The van der Waals surface area contributed by atoms with Gasteiger partial charge in [0, 0.05) is 53.1 Å². The Morgan fingerprint density at radius 1 is 1.03 bits per heavy atom. The molecule has 7 heteroatoms. The fourth-order valence-electron chi connectivity index (χ4n) is 3.35. The number of urea groups is 1. The Bertz CT molecular complexity index is 978. The maximum Gasteiger partial charge on any atom is 0.323 e. The summed E-state index contributed by atoms with van der Waals surface area (Å²) in [6.07, 6.45) is 2.10.